The molecule has 1 fully saturated rings. The number of piperidine rings is 1. The van der Waals surface area contributed by atoms with Crippen molar-refractivity contribution in [3.05, 3.63) is 47.2 Å². The van der Waals surface area contributed by atoms with Crippen molar-refractivity contribution in [2.24, 2.45) is 5.92 Å². The molecule has 4 rings (SSSR count). The summed E-state index contributed by atoms with van der Waals surface area (Å²) in [6.07, 6.45) is 11.0. The van der Waals surface area contributed by atoms with Crippen LogP contribution in [0, 0.1) is 5.92 Å². The quantitative estimate of drug-likeness (QED) is 0.586. The molecule has 1 saturated heterocycles. The van der Waals surface area contributed by atoms with Crippen molar-refractivity contribution in [1.29, 1.82) is 0 Å². The lowest BCUT2D eigenvalue weighted by atomic mass is 9.80. The number of pyridine rings is 1. The van der Waals surface area contributed by atoms with Gasteiger partial charge >= 0.3 is 0 Å². The lowest BCUT2D eigenvalue weighted by Gasteiger charge is -2.34. The van der Waals surface area contributed by atoms with Crippen LogP contribution >= 0.6 is 0 Å². The maximum atomic E-state index is 11.8. The van der Waals surface area contributed by atoms with E-state index in [9.17, 15) is 8.42 Å². The summed E-state index contributed by atoms with van der Waals surface area (Å²) < 4.78 is 29.8. The minimum absolute atomic E-state index is 0.0690. The number of tetrazole rings is 1. The predicted octanol–water partition coefficient (Wildman–Crippen LogP) is 3.48. The van der Waals surface area contributed by atoms with Gasteiger partial charge < -0.3 is 9.64 Å². The van der Waals surface area contributed by atoms with E-state index >= 15 is 0 Å². The van der Waals surface area contributed by atoms with Gasteiger partial charge in [-0.15, -0.1) is 5.10 Å². The lowest BCUT2D eigenvalue weighted by molar-refractivity contribution is 0.132. The first-order valence-electron chi connectivity index (χ1n) is 11.8. The molecule has 184 valence electrons. The standard InChI is InChI=1S/C24H34N6O3S/c1-17(2)30-27-23(26-28-30)29-14-10-19(11-15-29)18(3)33-20-6-7-22(25-16-20)24(4)12-8-21(9-13-24)34(5,31)32/h6-9,12,16-19H,10-11,13-15H2,1-5H3/t18-,24?/m0/s1. The number of ether oxygens (including phenoxy) is 1. The van der Waals surface area contributed by atoms with Gasteiger partial charge in [-0.05, 0) is 69.4 Å². The number of aromatic nitrogens is 5. The van der Waals surface area contributed by atoms with Gasteiger partial charge in [-0.2, -0.15) is 4.80 Å². The van der Waals surface area contributed by atoms with Gasteiger partial charge in [-0.1, -0.05) is 24.2 Å². The first-order chi connectivity index (χ1) is 16.0. The fourth-order valence-corrected chi connectivity index (χ4v) is 5.11. The Bertz CT molecular complexity index is 1160. The number of sulfone groups is 1. The van der Waals surface area contributed by atoms with Crippen LogP contribution in [-0.4, -0.2) is 59.1 Å². The van der Waals surface area contributed by atoms with E-state index in [2.05, 4.69) is 39.1 Å². The Morgan fingerprint density at radius 3 is 2.44 bits per heavy atom. The highest BCUT2D eigenvalue weighted by Gasteiger charge is 2.29. The average molecular weight is 487 g/mol. The summed E-state index contributed by atoms with van der Waals surface area (Å²) in [5.74, 6) is 1.88. The molecule has 2 aromatic rings. The van der Waals surface area contributed by atoms with Gasteiger partial charge in [0.2, 0.25) is 0 Å². The van der Waals surface area contributed by atoms with Gasteiger partial charge in [-0.25, -0.2) is 8.42 Å². The van der Waals surface area contributed by atoms with Crippen molar-refractivity contribution in [3.8, 4) is 5.75 Å². The predicted molar refractivity (Wildman–Crippen MR) is 132 cm³/mol. The van der Waals surface area contributed by atoms with E-state index in [-0.39, 0.29) is 17.6 Å². The summed E-state index contributed by atoms with van der Waals surface area (Å²) in [4.78, 5) is 8.84. The molecule has 10 heteroatoms. The highest BCUT2D eigenvalue weighted by atomic mass is 32.2. The van der Waals surface area contributed by atoms with Crippen molar-refractivity contribution in [3.63, 3.8) is 0 Å². The lowest BCUT2D eigenvalue weighted by Crippen LogP contribution is -2.39. The summed E-state index contributed by atoms with van der Waals surface area (Å²) in [6.45, 7) is 10.0. The van der Waals surface area contributed by atoms with E-state index < -0.39 is 9.84 Å². The monoisotopic (exact) mass is 486 g/mol. The molecule has 2 aliphatic rings. The molecule has 3 heterocycles. The third kappa shape index (κ3) is 5.32. The fraction of sp³-hybridized carbons (Fsp3) is 0.583. The topological polar surface area (TPSA) is 103 Å². The molecule has 1 aliphatic heterocycles. The molecule has 34 heavy (non-hydrogen) atoms. The molecule has 0 bridgehead atoms. The molecular formula is C24H34N6O3S. The summed E-state index contributed by atoms with van der Waals surface area (Å²) in [7, 11) is -3.19. The molecule has 9 nitrogen and oxygen atoms in total. The average Bonchev–Trinajstić information content (AvgIpc) is 3.30. The number of hydrogen-bond acceptors (Lipinski definition) is 8. The Morgan fingerprint density at radius 1 is 1.18 bits per heavy atom. The van der Waals surface area contributed by atoms with Crippen LogP contribution < -0.4 is 9.64 Å². The fourth-order valence-electron chi connectivity index (χ4n) is 4.41. The first-order valence-corrected chi connectivity index (χ1v) is 13.7. The van der Waals surface area contributed by atoms with Crippen molar-refractivity contribution in [2.75, 3.05) is 24.2 Å². The minimum atomic E-state index is -3.19. The van der Waals surface area contributed by atoms with E-state index in [4.69, 9.17) is 4.74 Å². The zero-order valence-electron chi connectivity index (χ0n) is 20.5. The molecular weight excluding hydrogens is 452 g/mol. The highest BCUT2D eigenvalue weighted by Crippen LogP contribution is 2.34. The minimum Gasteiger partial charge on any atom is -0.489 e. The largest absolute Gasteiger partial charge is 0.489 e. The van der Waals surface area contributed by atoms with Crippen LogP contribution in [0.25, 0.3) is 0 Å². The highest BCUT2D eigenvalue weighted by molar-refractivity contribution is 7.94. The third-order valence-electron chi connectivity index (χ3n) is 6.78. The maximum Gasteiger partial charge on any atom is 0.266 e. The van der Waals surface area contributed by atoms with Crippen LogP contribution in [0.5, 0.6) is 5.75 Å². The van der Waals surface area contributed by atoms with Crippen molar-refractivity contribution in [2.45, 2.75) is 64.5 Å². The van der Waals surface area contributed by atoms with Crippen molar-refractivity contribution >= 4 is 15.8 Å². The second-order valence-corrected chi connectivity index (χ2v) is 11.9. The Kier molecular flexibility index (Phi) is 6.80. The Labute approximate surface area is 201 Å². The van der Waals surface area contributed by atoms with Gasteiger partial charge in [-0.3, -0.25) is 4.98 Å². The molecule has 0 spiro atoms. The smallest absolute Gasteiger partial charge is 0.266 e. The van der Waals surface area contributed by atoms with E-state index in [0.29, 0.717) is 23.2 Å². The molecule has 1 unspecified atom stereocenters. The van der Waals surface area contributed by atoms with Crippen LogP contribution in [0.4, 0.5) is 5.95 Å². The van der Waals surface area contributed by atoms with Crippen molar-refractivity contribution in [1.82, 2.24) is 25.2 Å². The second-order valence-electron chi connectivity index (χ2n) is 9.86. The van der Waals surface area contributed by atoms with Crippen LogP contribution in [0.2, 0.25) is 0 Å². The Balaban J connectivity index is 1.32. The van der Waals surface area contributed by atoms with E-state index in [1.165, 1.54) is 6.26 Å². The van der Waals surface area contributed by atoms with Crippen LogP contribution in [-0.2, 0) is 15.3 Å². The normalized spacial score (nSPS) is 22.6. The zero-order chi connectivity index (χ0) is 24.5. The zero-order valence-corrected chi connectivity index (χ0v) is 21.4. The number of anilines is 1. The third-order valence-corrected chi connectivity index (χ3v) is 7.94. The molecule has 0 N–H and O–H groups in total. The van der Waals surface area contributed by atoms with Gasteiger partial charge in [0.25, 0.3) is 5.95 Å². The number of rotatable bonds is 7. The Hall–Kier alpha value is -2.75. The van der Waals surface area contributed by atoms with Gasteiger partial charge in [0.15, 0.2) is 9.84 Å². The Morgan fingerprint density at radius 2 is 1.91 bits per heavy atom. The van der Waals surface area contributed by atoms with Gasteiger partial charge in [0, 0.05) is 24.8 Å². The van der Waals surface area contributed by atoms with Gasteiger partial charge in [0.1, 0.15) is 5.75 Å². The van der Waals surface area contributed by atoms with Crippen molar-refractivity contribution < 1.29 is 13.2 Å². The maximum absolute atomic E-state index is 11.8. The molecule has 1 aliphatic carbocycles. The van der Waals surface area contributed by atoms with E-state index in [0.717, 1.165) is 37.4 Å². The molecule has 2 aromatic heterocycles. The summed E-state index contributed by atoms with van der Waals surface area (Å²) >= 11 is 0. The number of allylic oxidation sites excluding steroid dienone is 3. The molecule has 0 radical (unpaired) electrons. The van der Waals surface area contributed by atoms with E-state index in [1.54, 1.807) is 23.1 Å². The summed E-state index contributed by atoms with van der Waals surface area (Å²) in [5, 5.41) is 12.8. The van der Waals surface area contributed by atoms with Crippen LogP contribution in [0.3, 0.4) is 0 Å². The number of nitrogens with zero attached hydrogens (tertiary/aromatic N) is 6. The molecule has 0 amide bonds. The molecule has 0 saturated carbocycles. The second kappa shape index (κ2) is 9.48. The van der Waals surface area contributed by atoms with E-state index in [1.807, 2.05) is 32.1 Å². The SMILES string of the molecule is CC(C)n1nnc(N2CCC([C@H](C)Oc3ccc(C4(C)C=CC(S(C)(=O)=O)=CC4)nc3)CC2)n1. The summed E-state index contributed by atoms with van der Waals surface area (Å²) in [6, 6.07) is 4.12. The molecule has 2 atom stereocenters. The number of hydrogen-bond donors (Lipinski definition) is 0. The first kappa shape index (κ1) is 24.4. The van der Waals surface area contributed by atoms with Gasteiger partial charge in [0.05, 0.1) is 28.9 Å². The molecule has 0 aromatic carbocycles. The van der Waals surface area contributed by atoms with Crippen LogP contribution in [0.1, 0.15) is 58.7 Å². The van der Waals surface area contributed by atoms with Crippen LogP contribution in [0.15, 0.2) is 41.5 Å². The summed E-state index contributed by atoms with van der Waals surface area (Å²) in [5.41, 5.74) is 0.555.